The number of amides is 1. The van der Waals surface area contributed by atoms with Crippen LogP contribution in [-0.2, 0) is 9.59 Å². The lowest BCUT2D eigenvalue weighted by molar-refractivity contribution is -0.117. The normalized spacial score (nSPS) is 17.8. The number of thioether (sulfide) groups is 1. The number of benzene rings is 2. The number of hydrogen-bond donors (Lipinski definition) is 0. The fourth-order valence-electron chi connectivity index (χ4n) is 2.79. The van der Waals surface area contributed by atoms with Crippen molar-refractivity contribution in [1.29, 1.82) is 0 Å². The monoisotopic (exact) mass is 311 g/mol. The summed E-state index contributed by atoms with van der Waals surface area (Å²) in [6, 6.07) is 18.0. The smallest absolute Gasteiger partial charge is 0.228 e. The van der Waals surface area contributed by atoms with E-state index in [-0.39, 0.29) is 16.3 Å². The third-order valence-corrected chi connectivity index (χ3v) is 4.68. The predicted molar refractivity (Wildman–Crippen MR) is 90.9 cm³/mol. The van der Waals surface area contributed by atoms with Gasteiger partial charge >= 0.3 is 0 Å². The largest absolute Gasteiger partial charge is 0.311 e. The van der Waals surface area contributed by atoms with Crippen LogP contribution in [0.4, 0.5) is 5.69 Å². The molecule has 0 saturated carbocycles. The molecular weight excluding hydrogens is 294 g/mol. The van der Waals surface area contributed by atoms with Crippen LogP contribution in [0.1, 0.15) is 13.3 Å². The van der Waals surface area contributed by atoms with Crippen molar-refractivity contribution >= 4 is 28.5 Å². The average Bonchev–Trinajstić information content (AvgIpc) is 2.88. The van der Waals surface area contributed by atoms with Gasteiger partial charge in [0.05, 0.1) is 5.69 Å². The first-order chi connectivity index (χ1) is 10.6. The molecule has 0 N–H and O–H groups in total. The molecule has 1 atom stereocenters. The van der Waals surface area contributed by atoms with Crippen molar-refractivity contribution in [2.24, 2.45) is 0 Å². The van der Waals surface area contributed by atoms with Crippen LogP contribution in [0.15, 0.2) is 54.6 Å². The van der Waals surface area contributed by atoms with Gasteiger partial charge in [0.25, 0.3) is 0 Å². The summed E-state index contributed by atoms with van der Waals surface area (Å²) < 4.78 is 0. The summed E-state index contributed by atoms with van der Waals surface area (Å²) in [5, 5.41) is 0.116. The summed E-state index contributed by atoms with van der Waals surface area (Å²) in [5.74, 6) is 0.0853. The molecule has 1 aliphatic rings. The molecule has 3 nitrogen and oxygen atoms in total. The van der Waals surface area contributed by atoms with Crippen LogP contribution in [0.2, 0.25) is 0 Å². The van der Waals surface area contributed by atoms with E-state index in [1.54, 1.807) is 6.92 Å². The minimum Gasteiger partial charge on any atom is -0.311 e. The summed E-state index contributed by atoms with van der Waals surface area (Å²) in [6.07, 6.45) is 0.424. The van der Waals surface area contributed by atoms with E-state index in [1.807, 2.05) is 59.5 Å². The first kappa shape index (κ1) is 14.9. The van der Waals surface area contributed by atoms with Crippen molar-refractivity contribution in [2.75, 3.05) is 11.4 Å². The molecule has 0 aliphatic carbocycles. The molecule has 4 heteroatoms. The average molecular weight is 311 g/mol. The van der Waals surface area contributed by atoms with E-state index in [1.165, 1.54) is 11.8 Å². The van der Waals surface area contributed by atoms with Gasteiger partial charge in [-0.15, -0.1) is 0 Å². The molecule has 1 heterocycles. The molecule has 1 saturated heterocycles. The lowest BCUT2D eigenvalue weighted by Crippen LogP contribution is -2.25. The van der Waals surface area contributed by atoms with Crippen molar-refractivity contribution in [2.45, 2.75) is 18.6 Å². The van der Waals surface area contributed by atoms with Crippen LogP contribution < -0.4 is 4.90 Å². The van der Waals surface area contributed by atoms with Crippen LogP contribution in [-0.4, -0.2) is 22.8 Å². The highest BCUT2D eigenvalue weighted by molar-refractivity contribution is 8.14. The van der Waals surface area contributed by atoms with E-state index in [2.05, 4.69) is 0 Å². The lowest BCUT2D eigenvalue weighted by atomic mass is 10.0. The molecule has 0 radical (unpaired) electrons. The Kier molecular flexibility index (Phi) is 4.29. The molecule has 1 amide bonds. The van der Waals surface area contributed by atoms with Crippen molar-refractivity contribution in [3.63, 3.8) is 0 Å². The van der Waals surface area contributed by atoms with Gasteiger partial charge in [0.15, 0.2) is 5.12 Å². The maximum absolute atomic E-state index is 12.4. The van der Waals surface area contributed by atoms with Gasteiger partial charge in [-0.1, -0.05) is 60.3 Å². The van der Waals surface area contributed by atoms with E-state index < -0.39 is 0 Å². The number of nitrogens with zero attached hydrogens (tertiary/aromatic N) is 1. The number of rotatable bonds is 3. The van der Waals surface area contributed by atoms with Gasteiger partial charge < -0.3 is 4.90 Å². The summed E-state index contributed by atoms with van der Waals surface area (Å²) in [4.78, 5) is 25.4. The molecule has 2 aromatic carbocycles. The van der Waals surface area contributed by atoms with Gasteiger partial charge in [-0.05, 0) is 11.6 Å². The Morgan fingerprint density at radius 1 is 1.09 bits per heavy atom. The van der Waals surface area contributed by atoms with Gasteiger partial charge in [0.1, 0.15) is 0 Å². The summed E-state index contributed by atoms with van der Waals surface area (Å²) in [6.45, 7) is 2.14. The van der Waals surface area contributed by atoms with Crippen LogP contribution >= 0.6 is 11.8 Å². The van der Waals surface area contributed by atoms with Crippen molar-refractivity contribution in [3.8, 4) is 11.1 Å². The minimum atomic E-state index is 0.0498. The Labute approximate surface area is 134 Å². The fraction of sp³-hybridized carbons (Fsp3) is 0.222. The van der Waals surface area contributed by atoms with Gasteiger partial charge in [0.2, 0.25) is 5.91 Å². The Morgan fingerprint density at radius 2 is 1.77 bits per heavy atom. The number of hydrogen-bond acceptors (Lipinski definition) is 3. The van der Waals surface area contributed by atoms with Crippen molar-refractivity contribution in [3.05, 3.63) is 54.6 Å². The Bertz CT molecular complexity index is 699. The van der Waals surface area contributed by atoms with Gasteiger partial charge in [-0.25, -0.2) is 0 Å². The maximum atomic E-state index is 12.4. The second kappa shape index (κ2) is 6.36. The molecule has 22 heavy (non-hydrogen) atoms. The Hall–Kier alpha value is -2.07. The third kappa shape index (κ3) is 3.07. The highest BCUT2D eigenvalue weighted by Crippen LogP contribution is 2.35. The third-order valence-electron chi connectivity index (χ3n) is 3.70. The zero-order valence-electron chi connectivity index (χ0n) is 12.4. The van der Waals surface area contributed by atoms with Crippen LogP contribution in [0.3, 0.4) is 0 Å². The highest BCUT2D eigenvalue weighted by atomic mass is 32.2. The number of anilines is 1. The summed E-state index contributed by atoms with van der Waals surface area (Å²) >= 11 is 1.26. The van der Waals surface area contributed by atoms with E-state index in [4.69, 9.17) is 0 Å². The van der Waals surface area contributed by atoms with Crippen LogP contribution in [0.25, 0.3) is 11.1 Å². The topological polar surface area (TPSA) is 37.4 Å². The maximum Gasteiger partial charge on any atom is 0.228 e. The summed E-state index contributed by atoms with van der Waals surface area (Å²) in [7, 11) is 0. The lowest BCUT2D eigenvalue weighted by Gasteiger charge is -2.20. The van der Waals surface area contributed by atoms with Gasteiger partial charge in [0, 0.05) is 30.7 Å². The molecule has 3 rings (SSSR count). The fourth-order valence-corrected chi connectivity index (χ4v) is 3.71. The number of carbonyl (C=O) groups is 2. The van der Waals surface area contributed by atoms with E-state index in [9.17, 15) is 9.59 Å². The minimum absolute atomic E-state index is 0.0498. The highest BCUT2D eigenvalue weighted by Gasteiger charge is 2.32. The number of carbonyl (C=O) groups excluding carboxylic acids is 2. The van der Waals surface area contributed by atoms with Crippen LogP contribution in [0.5, 0.6) is 0 Å². The van der Waals surface area contributed by atoms with E-state index in [0.717, 1.165) is 16.8 Å². The molecular formula is C18H17NO2S. The molecule has 112 valence electrons. The van der Waals surface area contributed by atoms with E-state index in [0.29, 0.717) is 13.0 Å². The predicted octanol–water partition coefficient (Wildman–Crippen LogP) is 3.74. The molecule has 2 aromatic rings. The first-order valence-corrected chi connectivity index (χ1v) is 8.15. The Balaban J connectivity index is 1.93. The second-order valence-corrected chi connectivity index (χ2v) is 6.80. The van der Waals surface area contributed by atoms with Gasteiger partial charge in [-0.3, -0.25) is 9.59 Å². The molecule has 0 aromatic heterocycles. The molecule has 1 aliphatic heterocycles. The SMILES string of the molecule is CC(=O)SC1CC(=O)N(c2ccccc2-c2ccccc2)C1. The second-order valence-electron chi connectivity index (χ2n) is 5.32. The quantitative estimate of drug-likeness (QED) is 0.866. The Morgan fingerprint density at radius 3 is 2.50 bits per heavy atom. The zero-order chi connectivity index (χ0) is 15.5. The number of para-hydroxylation sites is 1. The van der Waals surface area contributed by atoms with Gasteiger partial charge in [-0.2, -0.15) is 0 Å². The van der Waals surface area contributed by atoms with Crippen LogP contribution in [0, 0.1) is 0 Å². The molecule has 1 fully saturated rings. The standard InChI is InChI=1S/C18H17NO2S/c1-13(20)22-15-11-18(21)19(12-15)17-10-6-5-9-16(17)14-7-3-2-4-8-14/h2-10,15H,11-12H2,1H3. The molecule has 0 bridgehead atoms. The zero-order valence-corrected chi connectivity index (χ0v) is 13.2. The first-order valence-electron chi connectivity index (χ1n) is 7.27. The molecule has 1 unspecified atom stereocenters. The van der Waals surface area contributed by atoms with Crippen molar-refractivity contribution in [1.82, 2.24) is 0 Å². The molecule has 0 spiro atoms. The summed E-state index contributed by atoms with van der Waals surface area (Å²) in [5.41, 5.74) is 3.06. The van der Waals surface area contributed by atoms with Crippen molar-refractivity contribution < 1.29 is 9.59 Å². The van der Waals surface area contributed by atoms with E-state index >= 15 is 0 Å².